The SMILES string of the molecule is CCC(C)C(NC(=O)C(NC(=O)C(N)CCSC)C(C)O)C(=O)NC(CCC(=O)O)C(=O)O. The average molecular weight is 493 g/mol. The van der Waals surface area contributed by atoms with Crippen LogP contribution < -0.4 is 21.7 Å². The summed E-state index contributed by atoms with van der Waals surface area (Å²) in [5.41, 5.74) is 5.80. The van der Waals surface area contributed by atoms with E-state index in [9.17, 15) is 34.2 Å². The minimum atomic E-state index is -1.46. The monoisotopic (exact) mass is 492 g/mol. The zero-order chi connectivity index (χ0) is 25.7. The number of thioether (sulfide) groups is 1. The van der Waals surface area contributed by atoms with Gasteiger partial charge in [0.05, 0.1) is 12.1 Å². The second-order valence-corrected chi connectivity index (χ2v) is 8.80. The summed E-state index contributed by atoms with van der Waals surface area (Å²) in [4.78, 5) is 60.0. The maximum atomic E-state index is 12.8. The van der Waals surface area contributed by atoms with Crippen LogP contribution >= 0.6 is 11.8 Å². The van der Waals surface area contributed by atoms with Crippen molar-refractivity contribution < 1.29 is 39.3 Å². The Morgan fingerprint density at radius 2 is 1.45 bits per heavy atom. The van der Waals surface area contributed by atoms with E-state index < -0.39 is 72.3 Å². The van der Waals surface area contributed by atoms with Crippen molar-refractivity contribution in [3.63, 3.8) is 0 Å². The molecule has 6 unspecified atom stereocenters. The van der Waals surface area contributed by atoms with E-state index in [2.05, 4.69) is 16.0 Å². The first-order valence-corrected chi connectivity index (χ1v) is 12.0. The fourth-order valence-corrected chi connectivity index (χ4v) is 3.26. The molecule has 190 valence electrons. The highest BCUT2D eigenvalue weighted by Crippen LogP contribution is 2.11. The summed E-state index contributed by atoms with van der Waals surface area (Å²) in [6, 6.07) is -4.92. The van der Waals surface area contributed by atoms with E-state index in [-0.39, 0.29) is 6.42 Å². The summed E-state index contributed by atoms with van der Waals surface area (Å²) >= 11 is 1.50. The van der Waals surface area contributed by atoms with Gasteiger partial charge in [0, 0.05) is 6.42 Å². The molecule has 8 N–H and O–H groups in total. The minimum Gasteiger partial charge on any atom is -0.481 e. The van der Waals surface area contributed by atoms with Crippen LogP contribution in [0.25, 0.3) is 0 Å². The molecule has 3 amide bonds. The number of hydrogen-bond acceptors (Lipinski definition) is 8. The van der Waals surface area contributed by atoms with Crippen molar-refractivity contribution in [2.24, 2.45) is 11.7 Å². The van der Waals surface area contributed by atoms with Crippen molar-refractivity contribution in [1.82, 2.24) is 16.0 Å². The molecule has 6 atom stereocenters. The standard InChI is InChI=1S/C20H36N4O8S/c1-5-10(2)15(18(29)22-13(20(31)32)6-7-14(26)27)23-19(30)16(11(3)25)24-17(28)12(21)8-9-33-4/h10-13,15-16,25H,5-9,21H2,1-4H3,(H,22,29)(H,23,30)(H,24,28)(H,26,27)(H,31,32). The number of hydrogen-bond donors (Lipinski definition) is 7. The van der Waals surface area contributed by atoms with E-state index in [4.69, 9.17) is 10.8 Å². The summed E-state index contributed by atoms with van der Waals surface area (Å²) in [6.07, 6.45) is 0.558. The summed E-state index contributed by atoms with van der Waals surface area (Å²) in [6.45, 7) is 4.71. The molecule has 12 nitrogen and oxygen atoms in total. The van der Waals surface area contributed by atoms with Gasteiger partial charge in [-0.05, 0) is 37.7 Å². The molecule has 0 aromatic rings. The van der Waals surface area contributed by atoms with Gasteiger partial charge in [0.25, 0.3) is 0 Å². The van der Waals surface area contributed by atoms with Gasteiger partial charge in [-0.15, -0.1) is 0 Å². The number of nitrogens with one attached hydrogen (secondary N) is 3. The van der Waals surface area contributed by atoms with Crippen LogP contribution in [-0.4, -0.2) is 87.3 Å². The largest absolute Gasteiger partial charge is 0.481 e. The molecule has 0 aromatic carbocycles. The molecule has 0 saturated heterocycles. The van der Waals surface area contributed by atoms with Gasteiger partial charge in [0.2, 0.25) is 17.7 Å². The average Bonchev–Trinajstić information content (AvgIpc) is 2.74. The highest BCUT2D eigenvalue weighted by Gasteiger charge is 2.34. The number of nitrogens with two attached hydrogens (primary N) is 1. The molecule has 0 spiro atoms. The third-order valence-electron chi connectivity index (χ3n) is 5.09. The van der Waals surface area contributed by atoms with E-state index in [0.29, 0.717) is 18.6 Å². The van der Waals surface area contributed by atoms with E-state index in [1.165, 1.54) is 18.7 Å². The number of carboxylic acid groups (broad SMARTS) is 2. The molecule has 0 fully saturated rings. The van der Waals surface area contributed by atoms with Gasteiger partial charge in [-0.25, -0.2) is 4.79 Å². The molecule has 0 aliphatic heterocycles. The Morgan fingerprint density at radius 3 is 1.91 bits per heavy atom. The highest BCUT2D eigenvalue weighted by atomic mass is 32.2. The smallest absolute Gasteiger partial charge is 0.326 e. The second kappa shape index (κ2) is 15.5. The predicted octanol–water partition coefficient (Wildman–Crippen LogP) is -1.10. The van der Waals surface area contributed by atoms with Crippen LogP contribution in [0.5, 0.6) is 0 Å². The molecule has 0 aliphatic carbocycles. The zero-order valence-electron chi connectivity index (χ0n) is 19.4. The number of carboxylic acids is 2. The number of aliphatic carboxylic acids is 2. The zero-order valence-corrected chi connectivity index (χ0v) is 20.2. The molecular formula is C20H36N4O8S. The Labute approximate surface area is 197 Å². The van der Waals surface area contributed by atoms with Crippen LogP contribution in [0.4, 0.5) is 0 Å². The fraction of sp³-hybridized carbons (Fsp3) is 0.750. The maximum absolute atomic E-state index is 12.8. The molecule has 13 heteroatoms. The van der Waals surface area contributed by atoms with Crippen molar-refractivity contribution >= 4 is 41.4 Å². The summed E-state index contributed by atoms with van der Waals surface area (Å²) in [7, 11) is 0. The maximum Gasteiger partial charge on any atom is 0.326 e. The van der Waals surface area contributed by atoms with Gasteiger partial charge < -0.3 is 37.0 Å². The minimum absolute atomic E-state index is 0.335. The van der Waals surface area contributed by atoms with Gasteiger partial charge in [-0.1, -0.05) is 20.3 Å². The fourth-order valence-electron chi connectivity index (χ4n) is 2.77. The molecule has 0 bridgehead atoms. The van der Waals surface area contributed by atoms with E-state index >= 15 is 0 Å². The van der Waals surface area contributed by atoms with Gasteiger partial charge >= 0.3 is 11.9 Å². The number of rotatable bonds is 16. The molecule has 0 aliphatic rings. The van der Waals surface area contributed by atoms with Crippen molar-refractivity contribution in [3.8, 4) is 0 Å². The first-order valence-electron chi connectivity index (χ1n) is 10.6. The number of amides is 3. The number of carbonyl (C=O) groups is 5. The molecule has 0 radical (unpaired) electrons. The summed E-state index contributed by atoms with van der Waals surface area (Å²) in [5, 5.41) is 35.2. The lowest BCUT2D eigenvalue weighted by Gasteiger charge is -2.29. The van der Waals surface area contributed by atoms with Crippen molar-refractivity contribution in [2.45, 2.75) is 76.7 Å². The van der Waals surface area contributed by atoms with Crippen LogP contribution in [0.1, 0.15) is 46.5 Å². The second-order valence-electron chi connectivity index (χ2n) is 7.82. The Kier molecular flexibility index (Phi) is 14.3. The Balaban J connectivity index is 5.44. The predicted molar refractivity (Wildman–Crippen MR) is 122 cm³/mol. The Morgan fingerprint density at radius 1 is 0.909 bits per heavy atom. The van der Waals surface area contributed by atoms with E-state index in [0.717, 1.165) is 0 Å². The molecule has 0 saturated carbocycles. The number of aliphatic hydroxyl groups excluding tert-OH is 1. The number of carbonyl (C=O) groups excluding carboxylic acids is 3. The number of aliphatic hydroxyl groups is 1. The topological polar surface area (TPSA) is 208 Å². The quantitative estimate of drug-likeness (QED) is 0.138. The van der Waals surface area contributed by atoms with Crippen molar-refractivity contribution in [3.05, 3.63) is 0 Å². The third-order valence-corrected chi connectivity index (χ3v) is 5.73. The summed E-state index contributed by atoms with van der Waals surface area (Å²) < 4.78 is 0. The van der Waals surface area contributed by atoms with Crippen LogP contribution in [0, 0.1) is 5.92 Å². The molecule has 0 heterocycles. The van der Waals surface area contributed by atoms with Crippen LogP contribution in [0.3, 0.4) is 0 Å². The lowest BCUT2D eigenvalue weighted by atomic mass is 9.96. The lowest BCUT2D eigenvalue weighted by Crippen LogP contribution is -2.61. The highest BCUT2D eigenvalue weighted by molar-refractivity contribution is 7.98. The molecular weight excluding hydrogens is 456 g/mol. The van der Waals surface area contributed by atoms with Gasteiger partial charge in [-0.2, -0.15) is 11.8 Å². The van der Waals surface area contributed by atoms with Crippen LogP contribution in [0.15, 0.2) is 0 Å². The van der Waals surface area contributed by atoms with Crippen LogP contribution in [0.2, 0.25) is 0 Å². The normalized spacial score (nSPS) is 16.4. The lowest BCUT2D eigenvalue weighted by molar-refractivity contribution is -0.144. The first kappa shape index (κ1) is 30.6. The first-order chi connectivity index (χ1) is 15.3. The van der Waals surface area contributed by atoms with Crippen molar-refractivity contribution in [1.29, 1.82) is 0 Å². The van der Waals surface area contributed by atoms with Gasteiger partial charge in [-0.3, -0.25) is 19.2 Å². The Hall–Kier alpha value is -2.38. The van der Waals surface area contributed by atoms with Gasteiger partial charge in [0.1, 0.15) is 18.1 Å². The van der Waals surface area contributed by atoms with Crippen molar-refractivity contribution in [2.75, 3.05) is 12.0 Å². The van der Waals surface area contributed by atoms with E-state index in [1.54, 1.807) is 13.8 Å². The molecule has 33 heavy (non-hydrogen) atoms. The molecule has 0 rings (SSSR count). The summed E-state index contributed by atoms with van der Waals surface area (Å²) in [5.74, 6) is -4.72. The third kappa shape index (κ3) is 11.3. The molecule has 0 aromatic heterocycles. The van der Waals surface area contributed by atoms with Crippen LogP contribution in [-0.2, 0) is 24.0 Å². The van der Waals surface area contributed by atoms with E-state index in [1.807, 2.05) is 6.26 Å². The van der Waals surface area contributed by atoms with Gasteiger partial charge in [0.15, 0.2) is 0 Å². The Bertz CT molecular complexity index is 691.